The first-order chi connectivity index (χ1) is 11.2. The van der Waals surface area contributed by atoms with E-state index in [1.54, 1.807) is 10.6 Å². The maximum Gasteiger partial charge on any atom is 0.331 e. The Hall–Kier alpha value is -2.04. The normalized spacial score (nSPS) is 16.0. The van der Waals surface area contributed by atoms with Crippen LogP contribution < -0.4 is 11.0 Å². The molecule has 2 N–H and O–H groups in total. The van der Waals surface area contributed by atoms with E-state index in [-0.39, 0.29) is 5.69 Å². The number of hydrogen-bond acceptors (Lipinski definition) is 2. The number of hydrogen-bond donors (Lipinski definition) is 2. The van der Waals surface area contributed by atoms with Crippen molar-refractivity contribution in [1.29, 1.82) is 0 Å². The standard InChI is InChI=1S/C18H18ClN3O/c19-14-3-6-16-17(11-14)22(18(23)21-16)15-4-1-12(2-5-15)13-7-9-20-10-8-13/h1-6,11,13,20H,7-10H2,(H,21,23). The second-order valence-corrected chi connectivity index (χ2v) is 6.48. The molecule has 4 rings (SSSR count). The van der Waals surface area contributed by atoms with Crippen molar-refractivity contribution in [1.82, 2.24) is 14.9 Å². The first-order valence-corrected chi connectivity index (χ1v) is 8.31. The number of rotatable bonds is 2. The number of halogens is 1. The van der Waals surface area contributed by atoms with E-state index >= 15 is 0 Å². The quantitative estimate of drug-likeness (QED) is 0.757. The van der Waals surface area contributed by atoms with E-state index in [1.165, 1.54) is 18.4 Å². The molecule has 1 aliphatic heterocycles. The molecule has 1 aromatic heterocycles. The molecule has 2 aromatic carbocycles. The molecule has 0 radical (unpaired) electrons. The van der Waals surface area contributed by atoms with Crippen LogP contribution in [0.3, 0.4) is 0 Å². The van der Waals surface area contributed by atoms with Crippen molar-refractivity contribution in [2.24, 2.45) is 0 Å². The summed E-state index contributed by atoms with van der Waals surface area (Å²) in [7, 11) is 0. The van der Waals surface area contributed by atoms with Crippen LogP contribution in [0.4, 0.5) is 0 Å². The number of imidazole rings is 1. The van der Waals surface area contributed by atoms with Crippen molar-refractivity contribution in [3.8, 4) is 5.69 Å². The Balaban J connectivity index is 1.75. The predicted molar refractivity (Wildman–Crippen MR) is 93.8 cm³/mol. The first-order valence-electron chi connectivity index (χ1n) is 7.94. The number of nitrogens with zero attached hydrogens (tertiary/aromatic N) is 1. The smallest absolute Gasteiger partial charge is 0.317 e. The van der Waals surface area contributed by atoms with Crippen LogP contribution in [0.1, 0.15) is 24.3 Å². The van der Waals surface area contributed by atoms with Gasteiger partial charge >= 0.3 is 5.69 Å². The highest BCUT2D eigenvalue weighted by Gasteiger charge is 2.15. The number of H-pyrrole nitrogens is 1. The van der Waals surface area contributed by atoms with Crippen LogP contribution in [0.5, 0.6) is 0 Å². The molecule has 0 aliphatic carbocycles. The van der Waals surface area contributed by atoms with Gasteiger partial charge in [0.15, 0.2) is 0 Å². The fourth-order valence-corrected chi connectivity index (χ4v) is 3.55. The van der Waals surface area contributed by atoms with Gasteiger partial charge in [-0.1, -0.05) is 23.7 Å². The van der Waals surface area contributed by atoms with Crippen molar-refractivity contribution in [3.05, 3.63) is 63.5 Å². The summed E-state index contributed by atoms with van der Waals surface area (Å²) in [6.07, 6.45) is 2.34. The maximum absolute atomic E-state index is 12.3. The third-order valence-electron chi connectivity index (χ3n) is 4.61. The summed E-state index contributed by atoms with van der Waals surface area (Å²) in [6, 6.07) is 13.8. The first kappa shape index (κ1) is 14.5. The Labute approximate surface area is 139 Å². The Bertz CT molecular complexity index is 889. The van der Waals surface area contributed by atoms with Gasteiger partial charge < -0.3 is 10.3 Å². The fourth-order valence-electron chi connectivity index (χ4n) is 3.38. The summed E-state index contributed by atoms with van der Waals surface area (Å²) in [6.45, 7) is 2.15. The van der Waals surface area contributed by atoms with E-state index < -0.39 is 0 Å². The summed E-state index contributed by atoms with van der Waals surface area (Å²) in [5, 5.41) is 4.01. The zero-order valence-corrected chi connectivity index (χ0v) is 13.4. The number of fused-ring (bicyclic) bond motifs is 1. The Kier molecular flexibility index (Phi) is 3.71. The molecule has 1 fully saturated rings. The number of aromatic nitrogens is 2. The van der Waals surface area contributed by atoms with Gasteiger partial charge in [-0.3, -0.25) is 4.57 Å². The van der Waals surface area contributed by atoms with Gasteiger partial charge in [0.2, 0.25) is 0 Å². The van der Waals surface area contributed by atoms with Crippen molar-refractivity contribution in [3.63, 3.8) is 0 Å². The van der Waals surface area contributed by atoms with Crippen molar-refractivity contribution < 1.29 is 0 Å². The van der Waals surface area contributed by atoms with Gasteiger partial charge in [0.05, 0.1) is 16.7 Å². The molecule has 0 bridgehead atoms. The lowest BCUT2D eigenvalue weighted by molar-refractivity contribution is 0.460. The molecule has 0 spiro atoms. The van der Waals surface area contributed by atoms with Crippen LogP contribution in [-0.2, 0) is 0 Å². The van der Waals surface area contributed by atoms with Gasteiger partial charge in [0.25, 0.3) is 0 Å². The van der Waals surface area contributed by atoms with E-state index in [9.17, 15) is 4.79 Å². The van der Waals surface area contributed by atoms with Crippen molar-refractivity contribution in [2.45, 2.75) is 18.8 Å². The molecule has 1 saturated heterocycles. The molecule has 0 atom stereocenters. The molecule has 0 unspecified atom stereocenters. The Morgan fingerprint density at radius 3 is 2.52 bits per heavy atom. The van der Waals surface area contributed by atoms with Crippen molar-refractivity contribution >= 4 is 22.6 Å². The topological polar surface area (TPSA) is 49.8 Å². The summed E-state index contributed by atoms with van der Waals surface area (Å²) >= 11 is 6.08. The third kappa shape index (κ3) is 2.69. The van der Waals surface area contributed by atoms with Gasteiger partial charge in [-0.05, 0) is 67.7 Å². The monoisotopic (exact) mass is 327 g/mol. The molecule has 23 heavy (non-hydrogen) atoms. The third-order valence-corrected chi connectivity index (χ3v) is 4.84. The van der Waals surface area contributed by atoms with E-state index in [0.717, 1.165) is 29.8 Å². The summed E-state index contributed by atoms with van der Waals surface area (Å²) in [4.78, 5) is 15.2. The molecule has 118 valence electrons. The van der Waals surface area contributed by atoms with E-state index in [4.69, 9.17) is 11.6 Å². The van der Waals surface area contributed by atoms with E-state index in [0.29, 0.717) is 10.9 Å². The zero-order chi connectivity index (χ0) is 15.8. The lowest BCUT2D eigenvalue weighted by Crippen LogP contribution is -2.26. The largest absolute Gasteiger partial charge is 0.331 e. The molecule has 1 aliphatic rings. The van der Waals surface area contributed by atoms with Crippen LogP contribution >= 0.6 is 11.6 Å². The summed E-state index contributed by atoms with van der Waals surface area (Å²) < 4.78 is 1.67. The van der Waals surface area contributed by atoms with Crippen LogP contribution in [0.15, 0.2) is 47.3 Å². The highest BCUT2D eigenvalue weighted by Crippen LogP contribution is 2.26. The number of aromatic amines is 1. The molecule has 0 saturated carbocycles. The summed E-state index contributed by atoms with van der Waals surface area (Å²) in [5.41, 5.74) is 3.67. The minimum Gasteiger partial charge on any atom is -0.317 e. The number of piperidine rings is 1. The van der Waals surface area contributed by atoms with Gasteiger partial charge in [-0.2, -0.15) is 0 Å². The highest BCUT2D eigenvalue weighted by atomic mass is 35.5. The molecule has 2 heterocycles. The minimum atomic E-state index is -0.142. The van der Waals surface area contributed by atoms with E-state index in [1.807, 2.05) is 24.3 Å². The number of nitrogens with one attached hydrogen (secondary N) is 2. The second-order valence-electron chi connectivity index (χ2n) is 6.04. The zero-order valence-electron chi connectivity index (χ0n) is 12.7. The van der Waals surface area contributed by atoms with Gasteiger partial charge in [0, 0.05) is 5.02 Å². The average Bonchev–Trinajstić information content (AvgIpc) is 2.91. The second kappa shape index (κ2) is 5.87. The number of benzene rings is 2. The lowest BCUT2D eigenvalue weighted by atomic mass is 9.90. The van der Waals surface area contributed by atoms with Crippen LogP contribution in [0.2, 0.25) is 5.02 Å². The minimum absolute atomic E-state index is 0.142. The lowest BCUT2D eigenvalue weighted by Gasteiger charge is -2.23. The predicted octanol–water partition coefficient (Wildman–Crippen LogP) is 3.44. The van der Waals surface area contributed by atoms with Gasteiger partial charge in [-0.25, -0.2) is 4.79 Å². The molecular formula is C18H18ClN3O. The molecule has 4 nitrogen and oxygen atoms in total. The van der Waals surface area contributed by atoms with Crippen LogP contribution in [-0.4, -0.2) is 22.6 Å². The molecule has 0 amide bonds. The Morgan fingerprint density at radius 1 is 1.04 bits per heavy atom. The van der Waals surface area contributed by atoms with Crippen LogP contribution in [0.25, 0.3) is 16.7 Å². The summed E-state index contributed by atoms with van der Waals surface area (Å²) in [5.74, 6) is 0.611. The molecular weight excluding hydrogens is 310 g/mol. The molecule has 5 heteroatoms. The van der Waals surface area contributed by atoms with Gasteiger partial charge in [-0.15, -0.1) is 0 Å². The van der Waals surface area contributed by atoms with E-state index in [2.05, 4.69) is 22.4 Å². The molecule has 3 aromatic rings. The Morgan fingerprint density at radius 2 is 1.78 bits per heavy atom. The SMILES string of the molecule is O=c1[nH]c2ccc(Cl)cc2n1-c1ccc(C2CCNCC2)cc1. The van der Waals surface area contributed by atoms with Crippen molar-refractivity contribution in [2.75, 3.05) is 13.1 Å². The van der Waals surface area contributed by atoms with Crippen LogP contribution in [0, 0.1) is 0 Å². The maximum atomic E-state index is 12.3. The fraction of sp³-hybridized carbons (Fsp3) is 0.278. The average molecular weight is 328 g/mol. The van der Waals surface area contributed by atoms with Gasteiger partial charge in [0.1, 0.15) is 0 Å². The highest BCUT2D eigenvalue weighted by molar-refractivity contribution is 6.31.